The van der Waals surface area contributed by atoms with E-state index >= 15 is 0 Å². The second-order valence-corrected chi connectivity index (χ2v) is 5.68. The monoisotopic (exact) mass is 226 g/mol. The molecule has 0 aromatic rings. The lowest BCUT2D eigenvalue weighted by Crippen LogP contribution is -2.32. The fraction of sp³-hybridized carbons (Fsp3) is 0.818. The van der Waals surface area contributed by atoms with Crippen LogP contribution in [-0.2, 0) is 4.79 Å². The first-order chi connectivity index (χ1) is 7.25. The molecule has 0 aromatic heterocycles. The molecule has 84 valence electrons. The van der Waals surface area contributed by atoms with Gasteiger partial charge in [0.1, 0.15) is 0 Å². The van der Waals surface area contributed by atoms with Gasteiger partial charge in [0.2, 0.25) is 0 Å². The van der Waals surface area contributed by atoms with Crippen molar-refractivity contribution < 1.29 is 4.79 Å². The topological polar surface area (TPSA) is 41.5 Å². The number of amidine groups is 1. The van der Waals surface area contributed by atoms with Crippen LogP contribution in [0.3, 0.4) is 0 Å². The molecule has 1 saturated carbocycles. The summed E-state index contributed by atoms with van der Waals surface area (Å²) in [6.45, 7) is 1.91. The molecule has 15 heavy (non-hydrogen) atoms. The number of carbonyl (C=O) groups is 1. The first-order valence-electron chi connectivity index (χ1n) is 5.81. The van der Waals surface area contributed by atoms with Gasteiger partial charge in [-0.25, -0.2) is 0 Å². The molecule has 3 nitrogen and oxygen atoms in total. The van der Waals surface area contributed by atoms with Crippen molar-refractivity contribution in [2.24, 2.45) is 4.99 Å². The van der Waals surface area contributed by atoms with Gasteiger partial charge in [0.25, 0.3) is 5.91 Å². The number of rotatable bonds is 1. The van der Waals surface area contributed by atoms with Crippen LogP contribution in [-0.4, -0.2) is 22.4 Å². The maximum atomic E-state index is 11.2. The first-order valence-corrected chi connectivity index (χ1v) is 6.69. The summed E-state index contributed by atoms with van der Waals surface area (Å²) >= 11 is 1.56. The van der Waals surface area contributed by atoms with Gasteiger partial charge in [0, 0.05) is 6.04 Å². The summed E-state index contributed by atoms with van der Waals surface area (Å²) in [6.07, 6.45) is 7.77. The van der Waals surface area contributed by atoms with Crippen molar-refractivity contribution in [2.45, 2.75) is 56.7 Å². The number of thioether (sulfide) groups is 1. The van der Waals surface area contributed by atoms with Gasteiger partial charge in [-0.15, -0.1) is 0 Å². The smallest absolute Gasteiger partial charge is 0.261 e. The van der Waals surface area contributed by atoms with Crippen LogP contribution in [0.4, 0.5) is 0 Å². The van der Waals surface area contributed by atoms with Gasteiger partial charge < -0.3 is 5.32 Å². The molecule has 1 amide bonds. The van der Waals surface area contributed by atoms with E-state index in [-0.39, 0.29) is 11.2 Å². The second-order valence-electron chi connectivity index (χ2n) is 4.35. The highest BCUT2D eigenvalue weighted by Crippen LogP contribution is 2.23. The summed E-state index contributed by atoms with van der Waals surface area (Å²) in [5, 5.41) is 4.27. The molecule has 0 spiro atoms. The Morgan fingerprint density at radius 2 is 1.93 bits per heavy atom. The molecule has 2 aliphatic rings. The van der Waals surface area contributed by atoms with E-state index in [1.807, 2.05) is 6.92 Å². The van der Waals surface area contributed by atoms with E-state index in [1.54, 1.807) is 11.8 Å². The van der Waals surface area contributed by atoms with Crippen molar-refractivity contribution in [1.82, 2.24) is 5.32 Å². The SMILES string of the molecule is C[C@@H]1SC(NC2CCCCCC2)=NC1=O. The summed E-state index contributed by atoms with van der Waals surface area (Å²) in [7, 11) is 0. The second kappa shape index (κ2) is 5.01. The molecule has 1 atom stereocenters. The van der Waals surface area contributed by atoms with Crippen molar-refractivity contribution in [3.8, 4) is 0 Å². The fourth-order valence-corrected chi connectivity index (χ4v) is 2.97. The number of aliphatic imine (C=N–C) groups is 1. The van der Waals surface area contributed by atoms with E-state index in [4.69, 9.17) is 0 Å². The number of carbonyl (C=O) groups excluding carboxylic acids is 1. The van der Waals surface area contributed by atoms with Gasteiger partial charge in [-0.05, 0) is 19.8 Å². The summed E-state index contributed by atoms with van der Waals surface area (Å²) in [6, 6.07) is 0.539. The molecular weight excluding hydrogens is 208 g/mol. The summed E-state index contributed by atoms with van der Waals surface area (Å²) in [5.74, 6) is 0.0103. The molecule has 1 aliphatic heterocycles. The Labute approximate surface area is 95.1 Å². The van der Waals surface area contributed by atoms with Crippen LogP contribution < -0.4 is 5.32 Å². The third kappa shape index (κ3) is 2.97. The van der Waals surface area contributed by atoms with Crippen LogP contribution in [0.2, 0.25) is 0 Å². The molecule has 4 heteroatoms. The average Bonchev–Trinajstić information content (AvgIpc) is 2.45. The van der Waals surface area contributed by atoms with E-state index in [9.17, 15) is 4.79 Å². The van der Waals surface area contributed by atoms with E-state index in [1.165, 1.54) is 38.5 Å². The van der Waals surface area contributed by atoms with Crippen molar-refractivity contribution in [3.63, 3.8) is 0 Å². The lowest BCUT2D eigenvalue weighted by Gasteiger charge is -2.16. The molecule has 1 heterocycles. The maximum absolute atomic E-state index is 11.2. The van der Waals surface area contributed by atoms with Crippen molar-refractivity contribution >= 4 is 22.8 Å². The Kier molecular flexibility index (Phi) is 3.67. The molecule has 0 radical (unpaired) electrons. The predicted octanol–water partition coefficient (Wildman–Crippen LogP) is 2.32. The van der Waals surface area contributed by atoms with Crippen LogP contribution in [0, 0.1) is 0 Å². The van der Waals surface area contributed by atoms with Crippen LogP contribution in [0.1, 0.15) is 45.4 Å². The van der Waals surface area contributed by atoms with E-state index < -0.39 is 0 Å². The fourth-order valence-electron chi connectivity index (χ4n) is 2.10. The minimum absolute atomic E-state index is 0.0103. The van der Waals surface area contributed by atoms with Crippen molar-refractivity contribution in [3.05, 3.63) is 0 Å². The minimum atomic E-state index is 0.0103. The molecule has 0 unspecified atom stereocenters. The average molecular weight is 226 g/mol. The minimum Gasteiger partial charge on any atom is -0.362 e. The molecule has 0 bridgehead atoms. The molecule has 0 aromatic carbocycles. The van der Waals surface area contributed by atoms with E-state index in [0.29, 0.717) is 6.04 Å². The Bertz CT molecular complexity index is 270. The molecule has 1 aliphatic carbocycles. The largest absolute Gasteiger partial charge is 0.362 e. The number of amides is 1. The third-order valence-electron chi connectivity index (χ3n) is 3.03. The van der Waals surface area contributed by atoms with Crippen LogP contribution >= 0.6 is 11.8 Å². The normalized spacial score (nSPS) is 28.7. The molecular formula is C11H18N2OS. The molecule has 0 saturated heterocycles. The van der Waals surface area contributed by atoms with Crippen molar-refractivity contribution in [2.75, 3.05) is 0 Å². The number of nitrogens with zero attached hydrogens (tertiary/aromatic N) is 1. The lowest BCUT2D eigenvalue weighted by atomic mass is 10.1. The number of nitrogens with one attached hydrogen (secondary N) is 1. The van der Waals surface area contributed by atoms with Gasteiger partial charge >= 0.3 is 0 Å². The maximum Gasteiger partial charge on any atom is 0.261 e. The zero-order valence-electron chi connectivity index (χ0n) is 9.16. The van der Waals surface area contributed by atoms with Gasteiger partial charge in [-0.2, -0.15) is 4.99 Å². The highest BCUT2D eigenvalue weighted by Gasteiger charge is 2.25. The quantitative estimate of drug-likeness (QED) is 0.698. The molecule has 1 N–H and O–H groups in total. The van der Waals surface area contributed by atoms with E-state index in [2.05, 4.69) is 10.3 Å². The summed E-state index contributed by atoms with van der Waals surface area (Å²) in [4.78, 5) is 15.3. The molecule has 1 fully saturated rings. The van der Waals surface area contributed by atoms with Gasteiger partial charge in [0.05, 0.1) is 5.25 Å². The Balaban J connectivity index is 1.86. The van der Waals surface area contributed by atoms with Gasteiger partial charge in [0.15, 0.2) is 5.17 Å². The van der Waals surface area contributed by atoms with Gasteiger partial charge in [-0.1, -0.05) is 37.4 Å². The highest BCUT2D eigenvalue weighted by molar-refractivity contribution is 8.15. The van der Waals surface area contributed by atoms with Crippen LogP contribution in [0.5, 0.6) is 0 Å². The molecule has 2 rings (SSSR count). The Hall–Kier alpha value is -0.510. The predicted molar refractivity (Wildman–Crippen MR) is 64.1 cm³/mol. The van der Waals surface area contributed by atoms with E-state index in [0.717, 1.165) is 5.17 Å². The zero-order valence-corrected chi connectivity index (χ0v) is 9.98. The lowest BCUT2D eigenvalue weighted by molar-refractivity contribution is -0.116. The number of hydrogen-bond acceptors (Lipinski definition) is 3. The first kappa shape index (κ1) is 11.0. The highest BCUT2D eigenvalue weighted by atomic mass is 32.2. The zero-order chi connectivity index (χ0) is 10.7. The van der Waals surface area contributed by atoms with Gasteiger partial charge in [-0.3, -0.25) is 4.79 Å². The third-order valence-corrected chi connectivity index (χ3v) is 4.02. The van der Waals surface area contributed by atoms with Crippen LogP contribution in [0.15, 0.2) is 4.99 Å². The van der Waals surface area contributed by atoms with Crippen molar-refractivity contribution in [1.29, 1.82) is 0 Å². The summed E-state index contributed by atoms with van der Waals surface area (Å²) in [5.41, 5.74) is 0. The summed E-state index contributed by atoms with van der Waals surface area (Å²) < 4.78 is 0. The Morgan fingerprint density at radius 3 is 2.47 bits per heavy atom. The standard InChI is InChI=1S/C11H18N2OS/c1-8-10(14)13-11(15-8)12-9-6-4-2-3-5-7-9/h8-9H,2-7H2,1H3,(H,12,13,14)/t8-/m0/s1. The Morgan fingerprint density at radius 1 is 1.27 bits per heavy atom. The number of hydrogen-bond donors (Lipinski definition) is 1. The van der Waals surface area contributed by atoms with Crippen LogP contribution in [0.25, 0.3) is 0 Å².